The Kier molecular flexibility index (Phi) is 59.0. The van der Waals surface area contributed by atoms with Gasteiger partial charge in [0.05, 0.1) is 0 Å². The normalized spacial score (nSPS) is 9.75. The molecule has 0 fully saturated rings. The van der Waals surface area contributed by atoms with Crippen LogP contribution in [0.3, 0.4) is 0 Å². The SMILES string of the molecule is CCCCCCCCCCN.CCCCCCCCN.CCCCCCN.CCCCN. The largest absolute Gasteiger partial charge is 0.330 e. The van der Waals surface area contributed by atoms with Crippen molar-refractivity contribution in [2.24, 2.45) is 22.9 Å². The van der Waals surface area contributed by atoms with Crippen LogP contribution < -0.4 is 22.9 Å². The zero-order valence-electron chi connectivity index (χ0n) is 23.3. The molecule has 200 valence electrons. The summed E-state index contributed by atoms with van der Waals surface area (Å²) in [5.41, 5.74) is 21.1. The number of hydrogen-bond acceptors (Lipinski definition) is 4. The monoisotopic (exact) mass is 461 g/mol. The fourth-order valence-electron chi connectivity index (χ4n) is 2.98. The Balaban J connectivity index is -0.000000170. The third kappa shape index (κ3) is 63.1. The van der Waals surface area contributed by atoms with Gasteiger partial charge in [0.1, 0.15) is 0 Å². The summed E-state index contributed by atoms with van der Waals surface area (Å²) in [6.45, 7) is 12.3. The summed E-state index contributed by atoms with van der Waals surface area (Å²) >= 11 is 0. The average Bonchev–Trinajstić information content (AvgIpc) is 2.81. The van der Waals surface area contributed by atoms with E-state index in [0.29, 0.717) is 0 Å². The summed E-state index contributed by atoms with van der Waals surface area (Å²) in [6, 6.07) is 0. The van der Waals surface area contributed by atoms with Crippen LogP contribution in [0.1, 0.15) is 156 Å². The van der Waals surface area contributed by atoms with E-state index >= 15 is 0 Å². The highest BCUT2D eigenvalue weighted by Gasteiger charge is 1.89. The van der Waals surface area contributed by atoms with Gasteiger partial charge in [-0.05, 0) is 51.9 Å². The molecular weight excluding hydrogens is 392 g/mol. The van der Waals surface area contributed by atoms with Gasteiger partial charge in [-0.25, -0.2) is 0 Å². The molecular formula is C28H68N4. The van der Waals surface area contributed by atoms with Gasteiger partial charge >= 0.3 is 0 Å². The molecule has 0 spiro atoms. The number of unbranched alkanes of at least 4 members (excludes halogenated alkanes) is 16. The van der Waals surface area contributed by atoms with Crippen LogP contribution in [0.15, 0.2) is 0 Å². The summed E-state index contributed by atoms with van der Waals surface area (Å²) in [5, 5.41) is 0. The van der Waals surface area contributed by atoms with Crippen LogP contribution in [0.5, 0.6) is 0 Å². The molecule has 0 saturated carbocycles. The van der Waals surface area contributed by atoms with Gasteiger partial charge in [0.25, 0.3) is 0 Å². The van der Waals surface area contributed by atoms with Crippen LogP contribution in [-0.4, -0.2) is 26.2 Å². The van der Waals surface area contributed by atoms with Crippen molar-refractivity contribution < 1.29 is 0 Å². The minimum Gasteiger partial charge on any atom is -0.330 e. The van der Waals surface area contributed by atoms with Crippen molar-refractivity contribution in [3.63, 3.8) is 0 Å². The highest BCUT2D eigenvalue weighted by molar-refractivity contribution is 4.46. The van der Waals surface area contributed by atoms with E-state index in [-0.39, 0.29) is 0 Å². The molecule has 0 radical (unpaired) electrons. The van der Waals surface area contributed by atoms with Gasteiger partial charge in [-0.15, -0.1) is 0 Å². The van der Waals surface area contributed by atoms with E-state index in [0.717, 1.165) is 26.2 Å². The molecule has 0 heterocycles. The Bertz CT molecular complexity index is 217. The molecule has 0 bridgehead atoms. The molecule has 0 aliphatic heterocycles. The van der Waals surface area contributed by atoms with E-state index in [1.54, 1.807) is 0 Å². The molecule has 0 aliphatic rings. The van der Waals surface area contributed by atoms with Crippen LogP contribution in [-0.2, 0) is 0 Å². The number of rotatable bonds is 20. The average molecular weight is 461 g/mol. The zero-order chi connectivity index (χ0) is 25.0. The molecule has 32 heavy (non-hydrogen) atoms. The quantitative estimate of drug-likeness (QED) is 0.140. The summed E-state index contributed by atoms with van der Waals surface area (Å²) in [7, 11) is 0. The van der Waals surface area contributed by atoms with Crippen LogP contribution in [0, 0.1) is 0 Å². The van der Waals surface area contributed by atoms with E-state index in [9.17, 15) is 0 Å². The third-order valence-electron chi connectivity index (χ3n) is 5.23. The first-order valence-electron chi connectivity index (χ1n) is 14.5. The van der Waals surface area contributed by atoms with Gasteiger partial charge < -0.3 is 22.9 Å². The highest BCUT2D eigenvalue weighted by atomic mass is 14.5. The van der Waals surface area contributed by atoms with Crippen LogP contribution in [0.4, 0.5) is 0 Å². The Morgan fingerprint density at radius 3 is 0.625 bits per heavy atom. The second kappa shape index (κ2) is 48.3. The molecule has 0 unspecified atom stereocenters. The molecule has 0 atom stereocenters. The predicted octanol–water partition coefficient (Wildman–Crippen LogP) is 7.66. The molecule has 0 amide bonds. The molecule has 0 aromatic heterocycles. The van der Waals surface area contributed by atoms with Crippen LogP contribution in [0.25, 0.3) is 0 Å². The van der Waals surface area contributed by atoms with Gasteiger partial charge in [-0.2, -0.15) is 0 Å². The van der Waals surface area contributed by atoms with E-state index in [1.807, 2.05) is 0 Å². The lowest BCUT2D eigenvalue weighted by Gasteiger charge is -1.99. The van der Waals surface area contributed by atoms with E-state index in [2.05, 4.69) is 27.7 Å². The maximum atomic E-state index is 5.39. The fraction of sp³-hybridized carbons (Fsp3) is 1.00. The van der Waals surface area contributed by atoms with Crippen molar-refractivity contribution >= 4 is 0 Å². The molecule has 4 heteroatoms. The zero-order valence-corrected chi connectivity index (χ0v) is 23.3. The first kappa shape index (κ1) is 39.1. The standard InChI is InChI=1S/C10H23N.C8H19N.C6H15N.C4H11N/c1-2-3-4-5-6-7-8-9-10-11;1-2-3-4-5-6-7-8-9;1-2-3-4-5-6-7;1-2-3-4-5/h2-11H2,1H3;2-9H2,1H3;2-7H2,1H3;2-5H2,1H3. The van der Waals surface area contributed by atoms with Crippen molar-refractivity contribution in [2.45, 2.75) is 156 Å². The van der Waals surface area contributed by atoms with E-state index in [4.69, 9.17) is 22.9 Å². The van der Waals surface area contributed by atoms with Gasteiger partial charge in [-0.1, -0.05) is 130 Å². The number of nitrogens with two attached hydrogens (primary N) is 4. The molecule has 0 rings (SSSR count). The van der Waals surface area contributed by atoms with E-state index < -0.39 is 0 Å². The minimum absolute atomic E-state index is 0.844. The lowest BCUT2D eigenvalue weighted by molar-refractivity contribution is 0.578. The van der Waals surface area contributed by atoms with Crippen molar-refractivity contribution in [3.05, 3.63) is 0 Å². The lowest BCUT2D eigenvalue weighted by atomic mass is 10.1. The second-order valence-electron chi connectivity index (χ2n) is 8.81. The first-order valence-corrected chi connectivity index (χ1v) is 14.5. The lowest BCUT2D eigenvalue weighted by Crippen LogP contribution is -1.97. The van der Waals surface area contributed by atoms with Gasteiger partial charge in [0.15, 0.2) is 0 Å². The molecule has 4 nitrogen and oxygen atoms in total. The predicted molar refractivity (Wildman–Crippen MR) is 151 cm³/mol. The van der Waals surface area contributed by atoms with Crippen molar-refractivity contribution in [1.29, 1.82) is 0 Å². The number of hydrogen-bond donors (Lipinski definition) is 4. The Morgan fingerprint density at radius 2 is 0.438 bits per heavy atom. The molecule has 8 N–H and O–H groups in total. The second-order valence-corrected chi connectivity index (χ2v) is 8.81. The maximum absolute atomic E-state index is 5.39. The van der Waals surface area contributed by atoms with Gasteiger partial charge in [0, 0.05) is 0 Å². The molecule has 0 saturated heterocycles. The van der Waals surface area contributed by atoms with Gasteiger partial charge in [-0.3, -0.25) is 0 Å². The molecule has 0 aliphatic carbocycles. The Labute approximate surface area is 205 Å². The topological polar surface area (TPSA) is 104 Å². The summed E-state index contributed by atoms with van der Waals surface area (Å²) in [5.74, 6) is 0. The summed E-state index contributed by atoms with van der Waals surface area (Å²) in [4.78, 5) is 0. The Hall–Kier alpha value is -0.160. The van der Waals surface area contributed by atoms with Crippen molar-refractivity contribution in [2.75, 3.05) is 26.2 Å². The van der Waals surface area contributed by atoms with E-state index in [1.165, 1.54) is 128 Å². The maximum Gasteiger partial charge on any atom is -0.00773 e. The van der Waals surface area contributed by atoms with Crippen LogP contribution in [0.2, 0.25) is 0 Å². The highest BCUT2D eigenvalue weighted by Crippen LogP contribution is 2.07. The minimum atomic E-state index is 0.844. The van der Waals surface area contributed by atoms with Crippen LogP contribution >= 0.6 is 0 Å². The fourth-order valence-corrected chi connectivity index (χ4v) is 2.98. The molecule has 0 aromatic carbocycles. The Morgan fingerprint density at radius 1 is 0.250 bits per heavy atom. The first-order chi connectivity index (χ1) is 15.7. The summed E-state index contributed by atoms with van der Waals surface area (Å²) in [6.07, 6.45) is 26.6. The third-order valence-corrected chi connectivity index (χ3v) is 5.23. The van der Waals surface area contributed by atoms with Gasteiger partial charge in [0.2, 0.25) is 0 Å². The smallest absolute Gasteiger partial charge is 0.00773 e. The molecule has 0 aromatic rings. The summed E-state index contributed by atoms with van der Waals surface area (Å²) < 4.78 is 0. The van der Waals surface area contributed by atoms with Crippen molar-refractivity contribution in [3.8, 4) is 0 Å². The van der Waals surface area contributed by atoms with Crippen molar-refractivity contribution in [1.82, 2.24) is 0 Å².